The van der Waals surface area contributed by atoms with E-state index in [1.165, 1.54) is 0 Å². The average Bonchev–Trinajstić information content (AvgIpc) is 2.96. The molecular weight excluding hydrogens is 340 g/mol. The number of hydrogen-bond acceptors (Lipinski definition) is 5. The van der Waals surface area contributed by atoms with Crippen molar-refractivity contribution in [1.82, 2.24) is 10.1 Å². The third-order valence-corrected chi connectivity index (χ3v) is 3.86. The first-order chi connectivity index (χ1) is 11.9. The third kappa shape index (κ3) is 3.97. The molecule has 7 heteroatoms. The van der Waals surface area contributed by atoms with Gasteiger partial charge in [-0.1, -0.05) is 22.8 Å². The zero-order valence-electron chi connectivity index (χ0n) is 14.1. The van der Waals surface area contributed by atoms with Gasteiger partial charge in [0.1, 0.15) is 11.5 Å². The molecule has 0 aliphatic carbocycles. The van der Waals surface area contributed by atoms with Crippen LogP contribution in [-0.4, -0.2) is 16.0 Å². The summed E-state index contributed by atoms with van der Waals surface area (Å²) in [7, 11) is 0. The van der Waals surface area contributed by atoms with Crippen molar-refractivity contribution in [1.29, 1.82) is 0 Å². The molecule has 0 aliphatic heterocycles. The van der Waals surface area contributed by atoms with Crippen molar-refractivity contribution in [3.05, 3.63) is 64.1 Å². The molecule has 0 bridgehead atoms. The molecule has 6 nitrogen and oxygen atoms in total. The third-order valence-electron chi connectivity index (χ3n) is 3.57. The number of amides is 1. The molecular formula is C18H17ClN4O2. The fourth-order valence-electron chi connectivity index (χ4n) is 2.43. The lowest BCUT2D eigenvalue weighted by molar-refractivity contribution is 0.102. The Labute approximate surface area is 150 Å². The highest BCUT2D eigenvalue weighted by Gasteiger charge is 2.11. The van der Waals surface area contributed by atoms with Crippen LogP contribution in [0.1, 0.15) is 27.4 Å². The number of rotatable bonds is 4. The van der Waals surface area contributed by atoms with E-state index in [1.807, 2.05) is 26.0 Å². The summed E-state index contributed by atoms with van der Waals surface area (Å²) in [6, 6.07) is 8.97. The smallest absolute Gasteiger partial charge is 0.275 e. The second-order valence-electron chi connectivity index (χ2n) is 5.77. The Hall–Kier alpha value is -2.86. The molecule has 0 saturated carbocycles. The average molecular weight is 357 g/mol. The maximum absolute atomic E-state index is 12.1. The highest BCUT2D eigenvalue weighted by Crippen LogP contribution is 2.30. The predicted molar refractivity (Wildman–Crippen MR) is 97.6 cm³/mol. The number of carbonyl (C=O) groups excluding carboxylic acids is 1. The van der Waals surface area contributed by atoms with Crippen LogP contribution in [0.5, 0.6) is 0 Å². The highest BCUT2D eigenvalue weighted by atomic mass is 35.5. The van der Waals surface area contributed by atoms with Gasteiger partial charge in [-0.2, -0.15) is 0 Å². The molecule has 0 radical (unpaired) electrons. The van der Waals surface area contributed by atoms with Gasteiger partial charge < -0.3 is 15.2 Å². The molecule has 0 spiro atoms. The molecule has 3 aromatic rings. The Balaban J connectivity index is 1.73. The lowest BCUT2D eigenvalue weighted by Crippen LogP contribution is -2.13. The van der Waals surface area contributed by atoms with Crippen molar-refractivity contribution in [3.63, 3.8) is 0 Å². The SMILES string of the molecule is Cc1cc(C)c(Nc2ccc(C(=O)Nc3cc(C)on3)nc2)c(Cl)c1. The lowest BCUT2D eigenvalue weighted by Gasteiger charge is -2.12. The normalized spacial score (nSPS) is 10.6. The van der Waals surface area contributed by atoms with Crippen molar-refractivity contribution in [2.45, 2.75) is 20.8 Å². The van der Waals surface area contributed by atoms with Gasteiger partial charge in [-0.25, -0.2) is 4.98 Å². The van der Waals surface area contributed by atoms with Crippen molar-refractivity contribution >= 4 is 34.7 Å². The molecule has 1 aromatic carbocycles. The van der Waals surface area contributed by atoms with Crippen LogP contribution in [0.3, 0.4) is 0 Å². The molecule has 3 rings (SSSR count). The van der Waals surface area contributed by atoms with Crippen LogP contribution in [0.25, 0.3) is 0 Å². The number of carbonyl (C=O) groups is 1. The van der Waals surface area contributed by atoms with Crippen LogP contribution in [0, 0.1) is 20.8 Å². The van der Waals surface area contributed by atoms with Gasteiger partial charge in [0.25, 0.3) is 5.91 Å². The fraction of sp³-hybridized carbons (Fsp3) is 0.167. The number of halogens is 1. The molecule has 2 aromatic heterocycles. The Kier molecular flexibility index (Phi) is 4.72. The van der Waals surface area contributed by atoms with E-state index in [0.717, 1.165) is 22.5 Å². The molecule has 0 unspecified atom stereocenters. The summed E-state index contributed by atoms with van der Waals surface area (Å²) in [5, 5.41) is 10.2. The molecule has 0 saturated heterocycles. The second kappa shape index (κ2) is 6.94. The number of nitrogens with zero attached hydrogens (tertiary/aromatic N) is 2. The maximum Gasteiger partial charge on any atom is 0.275 e. The fourth-order valence-corrected chi connectivity index (χ4v) is 2.79. The van der Waals surface area contributed by atoms with Gasteiger partial charge in [-0.15, -0.1) is 0 Å². The van der Waals surface area contributed by atoms with Gasteiger partial charge in [-0.3, -0.25) is 4.79 Å². The summed E-state index contributed by atoms with van der Waals surface area (Å²) in [6.07, 6.45) is 1.58. The van der Waals surface area contributed by atoms with E-state index >= 15 is 0 Å². The highest BCUT2D eigenvalue weighted by molar-refractivity contribution is 6.33. The number of pyridine rings is 1. The number of benzene rings is 1. The Morgan fingerprint density at radius 1 is 1.16 bits per heavy atom. The molecule has 0 aliphatic rings. The van der Waals surface area contributed by atoms with Crippen LogP contribution in [0.15, 0.2) is 41.1 Å². The van der Waals surface area contributed by atoms with Gasteiger partial charge in [0.05, 0.1) is 22.6 Å². The first kappa shape index (κ1) is 17.0. The molecule has 128 valence electrons. The molecule has 2 heterocycles. The van der Waals surface area contributed by atoms with E-state index in [-0.39, 0.29) is 11.6 Å². The first-order valence-electron chi connectivity index (χ1n) is 7.67. The van der Waals surface area contributed by atoms with Crippen LogP contribution in [0.4, 0.5) is 17.2 Å². The number of aryl methyl sites for hydroxylation is 3. The minimum atomic E-state index is -0.357. The molecule has 1 amide bonds. The Morgan fingerprint density at radius 2 is 1.96 bits per heavy atom. The molecule has 0 atom stereocenters. The van der Waals surface area contributed by atoms with Crippen molar-refractivity contribution < 1.29 is 9.32 Å². The quantitative estimate of drug-likeness (QED) is 0.711. The van der Waals surface area contributed by atoms with E-state index in [1.54, 1.807) is 31.3 Å². The van der Waals surface area contributed by atoms with Gasteiger partial charge in [-0.05, 0) is 50.1 Å². The van der Waals surface area contributed by atoms with Crippen molar-refractivity contribution in [3.8, 4) is 0 Å². The zero-order chi connectivity index (χ0) is 18.0. The summed E-state index contributed by atoms with van der Waals surface area (Å²) in [4.78, 5) is 16.3. The summed E-state index contributed by atoms with van der Waals surface area (Å²) in [6.45, 7) is 5.73. The number of aromatic nitrogens is 2. The van der Waals surface area contributed by atoms with E-state index < -0.39 is 0 Å². The van der Waals surface area contributed by atoms with E-state index in [9.17, 15) is 4.79 Å². The maximum atomic E-state index is 12.1. The minimum Gasteiger partial charge on any atom is -0.360 e. The molecule has 25 heavy (non-hydrogen) atoms. The number of nitrogens with one attached hydrogen (secondary N) is 2. The van der Waals surface area contributed by atoms with E-state index in [4.69, 9.17) is 16.1 Å². The Bertz CT molecular complexity index is 896. The van der Waals surface area contributed by atoms with Gasteiger partial charge in [0, 0.05) is 6.07 Å². The molecule has 2 N–H and O–H groups in total. The summed E-state index contributed by atoms with van der Waals surface area (Å²) in [5.74, 6) is 0.617. The standard InChI is InChI=1S/C18H17ClN4O2/c1-10-6-11(2)17(14(19)7-10)21-13-4-5-15(20-9-13)18(24)22-16-8-12(3)25-23-16/h4-9,21H,1-3H3,(H,22,23,24). The van der Waals surface area contributed by atoms with Crippen molar-refractivity contribution in [2.24, 2.45) is 0 Å². The largest absolute Gasteiger partial charge is 0.360 e. The van der Waals surface area contributed by atoms with Crippen LogP contribution >= 0.6 is 11.6 Å². The van der Waals surface area contributed by atoms with Crippen LogP contribution < -0.4 is 10.6 Å². The zero-order valence-corrected chi connectivity index (χ0v) is 14.8. The Morgan fingerprint density at radius 3 is 2.56 bits per heavy atom. The minimum absolute atomic E-state index is 0.276. The second-order valence-corrected chi connectivity index (χ2v) is 6.18. The van der Waals surface area contributed by atoms with Crippen LogP contribution in [0.2, 0.25) is 5.02 Å². The molecule has 0 fully saturated rings. The number of hydrogen-bond donors (Lipinski definition) is 2. The summed E-state index contributed by atoms with van der Waals surface area (Å²) in [5.41, 5.74) is 3.97. The van der Waals surface area contributed by atoms with Gasteiger partial charge in [0.15, 0.2) is 5.82 Å². The predicted octanol–water partition coefficient (Wildman–Crippen LogP) is 4.64. The van der Waals surface area contributed by atoms with E-state index in [2.05, 4.69) is 20.8 Å². The topological polar surface area (TPSA) is 80.0 Å². The van der Waals surface area contributed by atoms with Crippen molar-refractivity contribution in [2.75, 3.05) is 10.6 Å². The van der Waals surface area contributed by atoms with Gasteiger partial charge in [0.2, 0.25) is 0 Å². The van der Waals surface area contributed by atoms with E-state index in [0.29, 0.717) is 16.6 Å². The lowest BCUT2D eigenvalue weighted by atomic mass is 10.1. The summed E-state index contributed by atoms with van der Waals surface area (Å²) < 4.78 is 4.91. The van der Waals surface area contributed by atoms with Crippen LogP contribution in [-0.2, 0) is 0 Å². The van der Waals surface area contributed by atoms with Gasteiger partial charge >= 0.3 is 0 Å². The first-order valence-corrected chi connectivity index (χ1v) is 8.04. The number of anilines is 3. The summed E-state index contributed by atoms with van der Waals surface area (Å²) >= 11 is 6.30. The monoisotopic (exact) mass is 356 g/mol.